The molecule has 6 rings (SSSR count). The van der Waals surface area contributed by atoms with E-state index in [1.165, 1.54) is 6.42 Å². The third-order valence-electron chi connectivity index (χ3n) is 8.40. The Balaban J connectivity index is 1.75. The van der Waals surface area contributed by atoms with Crippen LogP contribution in [-0.2, 0) is 14.3 Å². The maximum atomic E-state index is 13.5. The zero-order valence-electron chi connectivity index (χ0n) is 14.5. The van der Waals surface area contributed by atoms with E-state index in [4.69, 9.17) is 4.74 Å². The lowest BCUT2D eigenvalue weighted by Crippen LogP contribution is -2.71. The number of hydrogen-bond donors (Lipinski definition) is 0. The minimum atomic E-state index is -0.863. The Bertz CT molecular complexity index is 692. The van der Waals surface area contributed by atoms with Crippen LogP contribution in [0.1, 0.15) is 45.4 Å². The van der Waals surface area contributed by atoms with Gasteiger partial charge in [0.15, 0.2) is 11.6 Å². The van der Waals surface area contributed by atoms with Crippen molar-refractivity contribution in [2.75, 3.05) is 13.2 Å². The molecule has 3 nitrogen and oxygen atoms in total. The van der Waals surface area contributed by atoms with Gasteiger partial charge in [0.1, 0.15) is 0 Å². The van der Waals surface area contributed by atoms with E-state index in [0.717, 1.165) is 37.9 Å². The van der Waals surface area contributed by atoms with Gasteiger partial charge in [0.25, 0.3) is 0 Å². The third kappa shape index (κ3) is 1.38. The molecule has 0 N–H and O–H groups in total. The molecule has 0 aromatic carbocycles. The molecular formula is C21H26O3. The lowest BCUT2D eigenvalue weighted by Gasteiger charge is -2.69. The first-order chi connectivity index (χ1) is 11.4. The van der Waals surface area contributed by atoms with E-state index in [0.29, 0.717) is 18.6 Å². The van der Waals surface area contributed by atoms with Crippen molar-refractivity contribution in [3.63, 3.8) is 0 Å². The molecule has 3 heteroatoms. The number of Topliss-reactive ketones (excluding diaryl/α,β-unsaturated/α-hetero) is 2. The average Bonchev–Trinajstić information content (AvgIpc) is 2.56. The summed E-state index contributed by atoms with van der Waals surface area (Å²) in [6, 6.07) is 0. The van der Waals surface area contributed by atoms with Crippen LogP contribution in [0.5, 0.6) is 0 Å². The summed E-state index contributed by atoms with van der Waals surface area (Å²) in [4.78, 5) is 26.7. The molecule has 1 spiro atoms. The molecule has 5 saturated carbocycles. The quantitative estimate of drug-likeness (QED) is 0.505. The molecule has 6 fully saturated rings. The van der Waals surface area contributed by atoms with Crippen molar-refractivity contribution in [2.24, 2.45) is 34.0 Å². The van der Waals surface area contributed by atoms with Gasteiger partial charge < -0.3 is 4.74 Å². The highest BCUT2D eigenvalue weighted by atomic mass is 16.5. The maximum Gasteiger partial charge on any atom is 0.172 e. The minimum Gasteiger partial charge on any atom is -0.380 e. The number of carbonyl (C=O) groups is 2. The van der Waals surface area contributed by atoms with Crippen LogP contribution in [0, 0.1) is 34.0 Å². The van der Waals surface area contributed by atoms with Gasteiger partial charge in [-0.3, -0.25) is 9.59 Å². The van der Waals surface area contributed by atoms with Crippen molar-refractivity contribution in [3.05, 3.63) is 24.3 Å². The average molecular weight is 326 g/mol. The van der Waals surface area contributed by atoms with E-state index < -0.39 is 5.41 Å². The molecule has 0 aromatic rings. The highest BCUT2D eigenvalue weighted by Gasteiger charge is 2.73. The number of allylic oxidation sites excluding steroid dienone is 2. The molecule has 0 radical (unpaired) electrons. The predicted octanol–water partition coefficient (Wildman–Crippen LogP) is 3.49. The molecule has 128 valence electrons. The number of rotatable bonds is 0. The van der Waals surface area contributed by atoms with Gasteiger partial charge in [-0.25, -0.2) is 0 Å². The predicted molar refractivity (Wildman–Crippen MR) is 90.3 cm³/mol. The third-order valence-corrected chi connectivity index (χ3v) is 8.40. The van der Waals surface area contributed by atoms with Crippen LogP contribution in [0.2, 0.25) is 0 Å². The second-order valence-corrected chi connectivity index (χ2v) is 9.37. The summed E-state index contributed by atoms with van der Waals surface area (Å²) >= 11 is 0. The second kappa shape index (κ2) is 4.30. The molecule has 6 atom stereocenters. The van der Waals surface area contributed by atoms with E-state index in [1.807, 2.05) is 0 Å². The number of carbonyl (C=O) groups excluding carboxylic acids is 2. The molecule has 1 aliphatic heterocycles. The van der Waals surface area contributed by atoms with Gasteiger partial charge in [-0.05, 0) is 60.5 Å². The van der Waals surface area contributed by atoms with Crippen LogP contribution < -0.4 is 0 Å². The topological polar surface area (TPSA) is 43.4 Å². The van der Waals surface area contributed by atoms with Gasteiger partial charge in [0.05, 0.1) is 18.6 Å². The molecule has 5 aliphatic carbocycles. The Kier molecular flexibility index (Phi) is 2.70. The molecule has 0 aromatic heterocycles. The first kappa shape index (κ1) is 15.1. The molecule has 24 heavy (non-hydrogen) atoms. The van der Waals surface area contributed by atoms with E-state index in [2.05, 4.69) is 20.1 Å². The molecule has 0 amide bonds. The summed E-state index contributed by atoms with van der Waals surface area (Å²) in [5.41, 5.74) is 0.493. The van der Waals surface area contributed by atoms with E-state index >= 15 is 0 Å². The van der Waals surface area contributed by atoms with Crippen molar-refractivity contribution < 1.29 is 14.3 Å². The summed E-state index contributed by atoms with van der Waals surface area (Å²) in [5, 5.41) is 0. The minimum absolute atomic E-state index is 0.00159. The Labute approximate surface area is 143 Å². The molecule has 4 bridgehead atoms. The number of fused-ring (bicyclic) bond motifs is 2. The molecule has 1 heterocycles. The first-order valence-corrected chi connectivity index (χ1v) is 9.42. The summed E-state index contributed by atoms with van der Waals surface area (Å²) in [6.07, 6.45) is 5.90. The summed E-state index contributed by atoms with van der Waals surface area (Å²) in [7, 11) is 0. The summed E-state index contributed by atoms with van der Waals surface area (Å²) in [6.45, 7) is 12.0. The lowest BCUT2D eigenvalue weighted by atomic mass is 9.34. The van der Waals surface area contributed by atoms with Crippen molar-refractivity contribution in [2.45, 2.75) is 45.4 Å². The lowest BCUT2D eigenvalue weighted by molar-refractivity contribution is -0.221. The monoisotopic (exact) mass is 326 g/mol. The zero-order valence-corrected chi connectivity index (χ0v) is 14.5. The summed E-state index contributed by atoms with van der Waals surface area (Å²) in [5.74, 6) is 0.675. The molecular weight excluding hydrogens is 300 g/mol. The van der Waals surface area contributed by atoms with E-state index in [9.17, 15) is 9.59 Å². The fraction of sp³-hybridized carbons (Fsp3) is 0.714. The van der Waals surface area contributed by atoms with Crippen molar-refractivity contribution in [1.82, 2.24) is 0 Å². The van der Waals surface area contributed by atoms with Crippen molar-refractivity contribution in [3.8, 4) is 0 Å². The smallest absolute Gasteiger partial charge is 0.172 e. The van der Waals surface area contributed by atoms with Gasteiger partial charge in [0.2, 0.25) is 0 Å². The highest BCUT2D eigenvalue weighted by molar-refractivity contribution is 6.21. The Hall–Kier alpha value is -1.22. The number of ketones is 2. The van der Waals surface area contributed by atoms with Crippen LogP contribution in [0.25, 0.3) is 0 Å². The zero-order chi connectivity index (χ0) is 16.9. The van der Waals surface area contributed by atoms with E-state index in [-0.39, 0.29) is 40.2 Å². The molecule has 1 saturated heterocycles. The largest absolute Gasteiger partial charge is 0.380 e. The van der Waals surface area contributed by atoms with Gasteiger partial charge in [-0.1, -0.05) is 26.5 Å². The summed E-state index contributed by atoms with van der Waals surface area (Å²) < 4.78 is 6.11. The second-order valence-electron chi connectivity index (χ2n) is 9.37. The van der Waals surface area contributed by atoms with Gasteiger partial charge in [0, 0.05) is 11.3 Å². The van der Waals surface area contributed by atoms with Crippen LogP contribution in [0.3, 0.4) is 0 Å². The number of ether oxygens (including phenoxy) is 1. The van der Waals surface area contributed by atoms with Gasteiger partial charge in [-0.2, -0.15) is 0 Å². The number of hydrogen-bond acceptors (Lipinski definition) is 3. The fourth-order valence-corrected chi connectivity index (χ4v) is 7.59. The Morgan fingerprint density at radius 2 is 1.79 bits per heavy atom. The Morgan fingerprint density at radius 1 is 1.04 bits per heavy atom. The SMILES string of the molecule is C=C1C(=O)[C@@]23CC[C@@H](CC2[C@@]24CCC[C@@](C)(COC2)C14)C(=C)C3=O. The fourth-order valence-electron chi connectivity index (χ4n) is 7.59. The van der Waals surface area contributed by atoms with Crippen LogP contribution >= 0.6 is 0 Å². The van der Waals surface area contributed by atoms with Crippen molar-refractivity contribution >= 4 is 11.6 Å². The Morgan fingerprint density at radius 3 is 2.58 bits per heavy atom. The maximum absolute atomic E-state index is 13.5. The van der Waals surface area contributed by atoms with Crippen LogP contribution in [-0.4, -0.2) is 24.8 Å². The standard InChI is InChI=1S/C21H26O3/c1-12-14-5-8-21(17(12)22)15(9-14)20-7-4-6-19(3,10-24-11-20)16(20)13(2)18(21)23/h14-16H,1-2,4-11H2,3H3/t14-,15?,16?,19-,20+,21-/m0/s1. The molecule has 6 aliphatic rings. The first-order valence-electron chi connectivity index (χ1n) is 9.42. The van der Waals surface area contributed by atoms with Gasteiger partial charge >= 0.3 is 0 Å². The molecule has 2 unspecified atom stereocenters. The van der Waals surface area contributed by atoms with Crippen molar-refractivity contribution in [1.29, 1.82) is 0 Å². The van der Waals surface area contributed by atoms with Crippen LogP contribution in [0.15, 0.2) is 24.3 Å². The highest BCUT2D eigenvalue weighted by Crippen LogP contribution is 2.72. The normalized spacial score (nSPS) is 53.0. The van der Waals surface area contributed by atoms with E-state index in [1.54, 1.807) is 0 Å². The van der Waals surface area contributed by atoms with Gasteiger partial charge in [-0.15, -0.1) is 0 Å². The van der Waals surface area contributed by atoms with Crippen LogP contribution in [0.4, 0.5) is 0 Å².